The van der Waals surface area contributed by atoms with Gasteiger partial charge >= 0.3 is 0 Å². The highest BCUT2D eigenvalue weighted by Crippen LogP contribution is 2.27. The number of nitrogens with zero attached hydrogens (tertiary/aromatic N) is 1. The summed E-state index contributed by atoms with van der Waals surface area (Å²) in [5.41, 5.74) is 2.59. The standard InChI is InChI=1S/C14H25N3/c1-3-12-6-4-8-14(12)15-9-5-7-13-10-16-17-11(13)2/h10,12,14-15H,3-9H2,1-2H3,(H,16,17). The van der Waals surface area contributed by atoms with Crippen LogP contribution in [0.15, 0.2) is 6.20 Å². The van der Waals surface area contributed by atoms with Gasteiger partial charge in [-0.05, 0) is 50.6 Å². The van der Waals surface area contributed by atoms with Crippen molar-refractivity contribution in [2.45, 2.75) is 58.4 Å². The van der Waals surface area contributed by atoms with Crippen LogP contribution < -0.4 is 5.32 Å². The minimum atomic E-state index is 0.783. The Labute approximate surface area is 104 Å². The highest BCUT2D eigenvalue weighted by Gasteiger charge is 2.24. The van der Waals surface area contributed by atoms with Crippen molar-refractivity contribution in [3.05, 3.63) is 17.5 Å². The van der Waals surface area contributed by atoms with Gasteiger partial charge in [-0.2, -0.15) is 5.10 Å². The molecule has 2 N–H and O–H groups in total. The molecular formula is C14H25N3. The lowest BCUT2D eigenvalue weighted by Gasteiger charge is -2.19. The Kier molecular flexibility index (Phi) is 4.60. The van der Waals surface area contributed by atoms with Crippen LogP contribution in [-0.2, 0) is 6.42 Å². The molecule has 1 fully saturated rings. The topological polar surface area (TPSA) is 40.7 Å². The summed E-state index contributed by atoms with van der Waals surface area (Å²) in [4.78, 5) is 0. The third-order valence-electron chi connectivity index (χ3n) is 4.15. The fourth-order valence-electron chi connectivity index (χ4n) is 2.99. The lowest BCUT2D eigenvalue weighted by molar-refractivity contribution is 0.389. The van der Waals surface area contributed by atoms with Gasteiger partial charge in [0.2, 0.25) is 0 Å². The zero-order valence-corrected chi connectivity index (χ0v) is 11.1. The lowest BCUT2D eigenvalue weighted by atomic mass is 10.0. The summed E-state index contributed by atoms with van der Waals surface area (Å²) < 4.78 is 0. The number of H-pyrrole nitrogens is 1. The van der Waals surface area contributed by atoms with E-state index >= 15 is 0 Å². The summed E-state index contributed by atoms with van der Waals surface area (Å²) in [5.74, 6) is 0.922. The molecule has 96 valence electrons. The fraction of sp³-hybridized carbons (Fsp3) is 0.786. The second kappa shape index (κ2) is 6.20. The molecule has 0 saturated heterocycles. The van der Waals surface area contributed by atoms with Gasteiger partial charge in [-0.1, -0.05) is 19.8 Å². The van der Waals surface area contributed by atoms with E-state index in [4.69, 9.17) is 0 Å². The van der Waals surface area contributed by atoms with E-state index in [0.29, 0.717) is 0 Å². The molecule has 2 atom stereocenters. The first-order valence-corrected chi connectivity index (χ1v) is 7.03. The Morgan fingerprint density at radius 3 is 3.06 bits per heavy atom. The number of hydrogen-bond acceptors (Lipinski definition) is 2. The fourth-order valence-corrected chi connectivity index (χ4v) is 2.99. The largest absolute Gasteiger partial charge is 0.314 e. The van der Waals surface area contributed by atoms with Crippen molar-refractivity contribution >= 4 is 0 Å². The Morgan fingerprint density at radius 2 is 2.35 bits per heavy atom. The lowest BCUT2D eigenvalue weighted by Crippen LogP contribution is -2.33. The van der Waals surface area contributed by atoms with Gasteiger partial charge in [0.1, 0.15) is 0 Å². The molecule has 0 spiro atoms. The minimum Gasteiger partial charge on any atom is -0.314 e. The van der Waals surface area contributed by atoms with Crippen LogP contribution in [0.1, 0.15) is 50.3 Å². The molecule has 3 nitrogen and oxygen atoms in total. The summed E-state index contributed by atoms with van der Waals surface area (Å²) in [6.45, 7) is 5.56. The van der Waals surface area contributed by atoms with E-state index in [9.17, 15) is 0 Å². The Bertz CT molecular complexity index is 332. The third-order valence-corrected chi connectivity index (χ3v) is 4.15. The first-order valence-electron chi connectivity index (χ1n) is 7.03. The molecule has 0 amide bonds. The molecule has 3 heteroatoms. The van der Waals surface area contributed by atoms with E-state index in [1.807, 2.05) is 6.20 Å². The summed E-state index contributed by atoms with van der Waals surface area (Å²) in [6.07, 6.45) is 9.86. The second-order valence-electron chi connectivity index (χ2n) is 5.28. The molecule has 1 aliphatic carbocycles. The van der Waals surface area contributed by atoms with Crippen molar-refractivity contribution < 1.29 is 0 Å². The van der Waals surface area contributed by atoms with Crippen molar-refractivity contribution in [3.8, 4) is 0 Å². The zero-order valence-electron chi connectivity index (χ0n) is 11.1. The average molecular weight is 235 g/mol. The van der Waals surface area contributed by atoms with E-state index in [2.05, 4.69) is 29.4 Å². The minimum absolute atomic E-state index is 0.783. The van der Waals surface area contributed by atoms with Crippen molar-refractivity contribution in [1.29, 1.82) is 0 Å². The summed E-state index contributed by atoms with van der Waals surface area (Å²) in [6, 6.07) is 0.783. The van der Waals surface area contributed by atoms with E-state index in [0.717, 1.165) is 24.9 Å². The molecule has 0 bridgehead atoms. The SMILES string of the molecule is CCC1CCCC1NCCCc1cn[nH]c1C. The molecule has 1 saturated carbocycles. The summed E-state index contributed by atoms with van der Waals surface area (Å²) in [7, 11) is 0. The van der Waals surface area contributed by atoms with Gasteiger partial charge in [-0.15, -0.1) is 0 Å². The van der Waals surface area contributed by atoms with Gasteiger partial charge in [0.15, 0.2) is 0 Å². The molecule has 2 unspecified atom stereocenters. The second-order valence-corrected chi connectivity index (χ2v) is 5.28. The first-order chi connectivity index (χ1) is 8.31. The highest BCUT2D eigenvalue weighted by atomic mass is 15.1. The van der Waals surface area contributed by atoms with Gasteiger partial charge < -0.3 is 5.32 Å². The van der Waals surface area contributed by atoms with E-state index in [-0.39, 0.29) is 0 Å². The number of rotatable bonds is 6. The molecule has 1 aliphatic rings. The van der Waals surface area contributed by atoms with E-state index in [1.54, 1.807) is 0 Å². The molecule has 1 aromatic rings. The Balaban J connectivity index is 1.65. The average Bonchev–Trinajstić information content (AvgIpc) is 2.93. The number of hydrogen-bond donors (Lipinski definition) is 2. The van der Waals surface area contributed by atoms with Crippen LogP contribution in [0.3, 0.4) is 0 Å². The van der Waals surface area contributed by atoms with Crippen molar-refractivity contribution in [1.82, 2.24) is 15.5 Å². The van der Waals surface area contributed by atoms with Gasteiger partial charge in [-0.3, -0.25) is 5.10 Å². The zero-order chi connectivity index (χ0) is 12.1. The molecule has 0 aliphatic heterocycles. The Hall–Kier alpha value is -0.830. The smallest absolute Gasteiger partial charge is 0.0522 e. The summed E-state index contributed by atoms with van der Waals surface area (Å²) >= 11 is 0. The monoisotopic (exact) mass is 235 g/mol. The molecular weight excluding hydrogens is 210 g/mol. The molecule has 2 rings (SSSR count). The molecule has 1 heterocycles. The number of aromatic nitrogens is 2. The van der Waals surface area contributed by atoms with Crippen molar-refractivity contribution in [2.75, 3.05) is 6.54 Å². The van der Waals surface area contributed by atoms with Crippen LogP contribution in [-0.4, -0.2) is 22.8 Å². The van der Waals surface area contributed by atoms with Gasteiger partial charge in [0.05, 0.1) is 6.20 Å². The van der Waals surface area contributed by atoms with Gasteiger partial charge in [0.25, 0.3) is 0 Å². The van der Waals surface area contributed by atoms with Crippen molar-refractivity contribution in [3.63, 3.8) is 0 Å². The number of aromatic amines is 1. The molecule has 17 heavy (non-hydrogen) atoms. The predicted octanol–water partition coefficient (Wildman–Crippen LogP) is 2.82. The molecule has 0 radical (unpaired) electrons. The van der Waals surface area contributed by atoms with Crippen LogP contribution in [0.4, 0.5) is 0 Å². The van der Waals surface area contributed by atoms with Crippen LogP contribution in [0.25, 0.3) is 0 Å². The maximum Gasteiger partial charge on any atom is 0.0522 e. The van der Waals surface area contributed by atoms with E-state index < -0.39 is 0 Å². The molecule has 1 aromatic heterocycles. The Morgan fingerprint density at radius 1 is 1.47 bits per heavy atom. The normalized spacial score (nSPS) is 24.4. The quantitative estimate of drug-likeness (QED) is 0.744. The van der Waals surface area contributed by atoms with Gasteiger partial charge in [-0.25, -0.2) is 0 Å². The van der Waals surface area contributed by atoms with Gasteiger partial charge in [0, 0.05) is 11.7 Å². The maximum atomic E-state index is 4.06. The third kappa shape index (κ3) is 3.32. The number of aryl methyl sites for hydroxylation is 2. The summed E-state index contributed by atoms with van der Waals surface area (Å²) in [5, 5.41) is 10.8. The van der Waals surface area contributed by atoms with Crippen molar-refractivity contribution in [2.24, 2.45) is 5.92 Å². The van der Waals surface area contributed by atoms with E-state index in [1.165, 1.54) is 43.4 Å². The number of nitrogens with one attached hydrogen (secondary N) is 2. The first kappa shape index (κ1) is 12.6. The predicted molar refractivity (Wildman–Crippen MR) is 71.1 cm³/mol. The van der Waals surface area contributed by atoms with Crippen LogP contribution >= 0.6 is 0 Å². The van der Waals surface area contributed by atoms with Crippen LogP contribution in [0.5, 0.6) is 0 Å². The van der Waals surface area contributed by atoms with Crippen LogP contribution in [0.2, 0.25) is 0 Å². The van der Waals surface area contributed by atoms with Crippen LogP contribution in [0, 0.1) is 12.8 Å². The maximum absolute atomic E-state index is 4.06. The highest BCUT2D eigenvalue weighted by molar-refractivity contribution is 5.14. The molecule has 0 aromatic carbocycles.